The molecular formula is C20H22ClNO5. The number of hydrogen-bond donors (Lipinski definition) is 1. The fraction of sp³-hybridized carbons (Fsp3) is 0.300. The van der Waals surface area contributed by atoms with E-state index in [0.29, 0.717) is 22.2 Å². The third-order valence-electron chi connectivity index (χ3n) is 4.00. The van der Waals surface area contributed by atoms with E-state index in [4.69, 9.17) is 25.8 Å². The van der Waals surface area contributed by atoms with Crippen LogP contribution in [-0.2, 0) is 14.3 Å². The number of anilines is 1. The van der Waals surface area contributed by atoms with Crippen LogP contribution in [0.5, 0.6) is 11.5 Å². The lowest BCUT2D eigenvalue weighted by Gasteiger charge is -2.16. The average molecular weight is 392 g/mol. The van der Waals surface area contributed by atoms with Crippen molar-refractivity contribution in [3.05, 3.63) is 52.5 Å². The Bertz CT molecular complexity index is 837. The molecule has 0 heterocycles. The number of aryl methyl sites for hydroxylation is 1. The summed E-state index contributed by atoms with van der Waals surface area (Å²) in [5, 5.41) is 3.07. The van der Waals surface area contributed by atoms with Crippen LogP contribution in [0.4, 0.5) is 5.69 Å². The molecule has 1 N–H and O–H groups in total. The molecule has 0 aliphatic rings. The van der Waals surface area contributed by atoms with Crippen molar-refractivity contribution < 1.29 is 23.8 Å². The molecule has 0 radical (unpaired) electrons. The van der Waals surface area contributed by atoms with E-state index in [1.54, 1.807) is 24.3 Å². The topological polar surface area (TPSA) is 73.9 Å². The molecule has 0 aliphatic carbocycles. The molecule has 27 heavy (non-hydrogen) atoms. The molecular weight excluding hydrogens is 370 g/mol. The summed E-state index contributed by atoms with van der Waals surface area (Å²) in [5.74, 6) is -0.0930. The number of nitrogens with one attached hydrogen (secondary N) is 1. The van der Waals surface area contributed by atoms with Crippen molar-refractivity contribution in [3.63, 3.8) is 0 Å². The number of carbonyl (C=O) groups excluding carboxylic acids is 2. The third-order valence-corrected chi connectivity index (χ3v) is 4.23. The lowest BCUT2D eigenvalue weighted by Crippen LogP contribution is -2.31. The molecule has 144 valence electrons. The second kappa shape index (κ2) is 9.28. The van der Waals surface area contributed by atoms with Crippen LogP contribution in [0.1, 0.15) is 18.1 Å². The molecule has 0 spiro atoms. The maximum Gasteiger partial charge on any atom is 0.344 e. The smallest absolute Gasteiger partial charge is 0.344 e. The Morgan fingerprint density at radius 2 is 1.89 bits per heavy atom. The van der Waals surface area contributed by atoms with Crippen LogP contribution in [0.25, 0.3) is 0 Å². The Morgan fingerprint density at radius 1 is 1.15 bits per heavy atom. The van der Waals surface area contributed by atoms with Gasteiger partial charge >= 0.3 is 5.97 Å². The largest absolute Gasteiger partial charge is 0.495 e. The number of amides is 1. The highest BCUT2D eigenvalue weighted by Crippen LogP contribution is 2.27. The number of benzene rings is 2. The zero-order valence-electron chi connectivity index (χ0n) is 15.7. The fourth-order valence-electron chi connectivity index (χ4n) is 2.31. The van der Waals surface area contributed by atoms with Gasteiger partial charge in [0.2, 0.25) is 0 Å². The van der Waals surface area contributed by atoms with Gasteiger partial charge in [0.1, 0.15) is 11.5 Å². The van der Waals surface area contributed by atoms with Crippen molar-refractivity contribution >= 4 is 29.2 Å². The summed E-state index contributed by atoms with van der Waals surface area (Å²) < 4.78 is 15.8. The third kappa shape index (κ3) is 5.62. The Hall–Kier alpha value is -2.73. The van der Waals surface area contributed by atoms with Gasteiger partial charge in [0, 0.05) is 5.02 Å². The minimum atomic E-state index is -1.01. The SMILES string of the molecule is COc1ccc(Cl)cc1NC(=O)[C@@H](C)OC(=O)COc1cccc(C)c1C. The van der Waals surface area contributed by atoms with Gasteiger partial charge in [-0.2, -0.15) is 0 Å². The van der Waals surface area contributed by atoms with E-state index in [0.717, 1.165) is 11.1 Å². The number of esters is 1. The predicted octanol–water partition coefficient (Wildman–Crippen LogP) is 3.91. The van der Waals surface area contributed by atoms with Crippen molar-refractivity contribution in [1.82, 2.24) is 0 Å². The fourth-order valence-corrected chi connectivity index (χ4v) is 2.49. The van der Waals surface area contributed by atoms with Gasteiger partial charge in [0.15, 0.2) is 12.7 Å². The highest BCUT2D eigenvalue weighted by Gasteiger charge is 2.20. The highest BCUT2D eigenvalue weighted by molar-refractivity contribution is 6.31. The van der Waals surface area contributed by atoms with E-state index in [9.17, 15) is 9.59 Å². The molecule has 2 rings (SSSR count). The molecule has 1 atom stereocenters. The molecule has 0 aromatic heterocycles. The summed E-state index contributed by atoms with van der Waals surface area (Å²) in [6, 6.07) is 10.4. The zero-order chi connectivity index (χ0) is 20.0. The molecule has 0 fully saturated rings. The van der Waals surface area contributed by atoms with Crippen molar-refractivity contribution in [1.29, 1.82) is 0 Å². The number of methoxy groups -OCH3 is 1. The van der Waals surface area contributed by atoms with E-state index in [1.807, 2.05) is 26.0 Å². The molecule has 0 unspecified atom stereocenters. The maximum absolute atomic E-state index is 12.3. The van der Waals surface area contributed by atoms with Crippen LogP contribution in [-0.4, -0.2) is 31.7 Å². The van der Waals surface area contributed by atoms with Gasteiger partial charge in [-0.05, 0) is 56.2 Å². The Morgan fingerprint density at radius 3 is 2.59 bits per heavy atom. The van der Waals surface area contributed by atoms with E-state index >= 15 is 0 Å². The first-order valence-corrected chi connectivity index (χ1v) is 8.72. The Kier molecular flexibility index (Phi) is 7.07. The molecule has 2 aromatic carbocycles. The Labute approximate surface area is 163 Å². The standard InChI is InChI=1S/C20H22ClNO5/c1-12-6-5-7-17(13(12)2)26-11-19(23)27-14(3)20(24)22-16-10-15(21)8-9-18(16)25-4/h5-10,14H,11H2,1-4H3,(H,22,24)/t14-/m1/s1. The zero-order valence-corrected chi connectivity index (χ0v) is 16.4. The van der Waals surface area contributed by atoms with Gasteiger partial charge in [-0.3, -0.25) is 4.79 Å². The first kappa shape index (κ1) is 20.6. The van der Waals surface area contributed by atoms with Crippen LogP contribution in [0, 0.1) is 13.8 Å². The number of halogens is 1. The first-order valence-electron chi connectivity index (χ1n) is 8.34. The monoisotopic (exact) mass is 391 g/mol. The number of hydrogen-bond acceptors (Lipinski definition) is 5. The predicted molar refractivity (Wildman–Crippen MR) is 104 cm³/mol. The van der Waals surface area contributed by atoms with Gasteiger partial charge in [-0.1, -0.05) is 23.7 Å². The normalized spacial score (nSPS) is 11.4. The van der Waals surface area contributed by atoms with Crippen LogP contribution in [0.15, 0.2) is 36.4 Å². The van der Waals surface area contributed by atoms with Crippen LogP contribution in [0.2, 0.25) is 5.02 Å². The van der Waals surface area contributed by atoms with Crippen LogP contribution in [0.3, 0.4) is 0 Å². The van der Waals surface area contributed by atoms with Crippen molar-refractivity contribution in [2.45, 2.75) is 26.9 Å². The summed E-state index contributed by atoms with van der Waals surface area (Å²) in [5.41, 5.74) is 2.40. The molecule has 7 heteroatoms. The quantitative estimate of drug-likeness (QED) is 0.724. The number of ether oxygens (including phenoxy) is 3. The van der Waals surface area contributed by atoms with E-state index in [-0.39, 0.29) is 6.61 Å². The van der Waals surface area contributed by atoms with Crippen LogP contribution >= 0.6 is 11.6 Å². The van der Waals surface area contributed by atoms with Gasteiger partial charge in [0.05, 0.1) is 12.8 Å². The molecule has 2 aromatic rings. The van der Waals surface area contributed by atoms with Gasteiger partial charge < -0.3 is 19.5 Å². The van der Waals surface area contributed by atoms with E-state index in [2.05, 4.69) is 5.32 Å². The molecule has 0 saturated carbocycles. The summed E-state index contributed by atoms with van der Waals surface area (Å²) >= 11 is 5.94. The second-order valence-electron chi connectivity index (χ2n) is 5.95. The summed E-state index contributed by atoms with van der Waals surface area (Å²) in [7, 11) is 1.48. The molecule has 0 aliphatic heterocycles. The lowest BCUT2D eigenvalue weighted by molar-refractivity contribution is -0.155. The minimum absolute atomic E-state index is 0.289. The number of carbonyl (C=O) groups is 2. The minimum Gasteiger partial charge on any atom is -0.495 e. The highest BCUT2D eigenvalue weighted by atomic mass is 35.5. The second-order valence-corrected chi connectivity index (χ2v) is 6.39. The summed E-state index contributed by atoms with van der Waals surface area (Å²) in [6.45, 7) is 5.05. The first-order chi connectivity index (χ1) is 12.8. The van der Waals surface area contributed by atoms with Gasteiger partial charge in [-0.25, -0.2) is 4.79 Å². The van der Waals surface area contributed by atoms with Crippen molar-refractivity contribution in [3.8, 4) is 11.5 Å². The van der Waals surface area contributed by atoms with E-state index < -0.39 is 18.0 Å². The average Bonchev–Trinajstić information content (AvgIpc) is 2.63. The van der Waals surface area contributed by atoms with Gasteiger partial charge in [0.25, 0.3) is 5.91 Å². The van der Waals surface area contributed by atoms with Crippen LogP contribution < -0.4 is 14.8 Å². The molecule has 0 saturated heterocycles. The van der Waals surface area contributed by atoms with Crippen molar-refractivity contribution in [2.75, 3.05) is 19.0 Å². The molecule has 1 amide bonds. The molecule has 6 nitrogen and oxygen atoms in total. The summed E-state index contributed by atoms with van der Waals surface area (Å²) in [6.07, 6.45) is -1.01. The van der Waals surface area contributed by atoms with Crippen molar-refractivity contribution in [2.24, 2.45) is 0 Å². The summed E-state index contributed by atoms with van der Waals surface area (Å²) in [4.78, 5) is 24.3. The molecule has 0 bridgehead atoms. The van der Waals surface area contributed by atoms with E-state index in [1.165, 1.54) is 14.0 Å². The Balaban J connectivity index is 1.91. The lowest BCUT2D eigenvalue weighted by atomic mass is 10.1. The van der Waals surface area contributed by atoms with Gasteiger partial charge in [-0.15, -0.1) is 0 Å². The number of rotatable bonds is 7. The maximum atomic E-state index is 12.3.